The van der Waals surface area contributed by atoms with Gasteiger partial charge in [0.1, 0.15) is 0 Å². The Labute approximate surface area is 100 Å². The van der Waals surface area contributed by atoms with Crippen molar-refractivity contribution in [3.05, 3.63) is 34.9 Å². The van der Waals surface area contributed by atoms with Crippen LogP contribution in [-0.4, -0.2) is 10.7 Å². The summed E-state index contributed by atoms with van der Waals surface area (Å²) in [4.78, 5) is 0. The second kappa shape index (κ2) is 4.45. The molecule has 1 unspecified atom stereocenters. The Kier molecular flexibility index (Phi) is 3.18. The summed E-state index contributed by atoms with van der Waals surface area (Å²) in [5.41, 5.74) is 0.0130. The maximum atomic E-state index is 10.4. The maximum absolute atomic E-state index is 10.4. The van der Waals surface area contributed by atoms with Crippen LogP contribution in [0.5, 0.6) is 0 Å². The zero-order valence-electron chi connectivity index (χ0n) is 8.99. The molecule has 16 heavy (non-hydrogen) atoms. The van der Waals surface area contributed by atoms with Crippen LogP contribution >= 0.6 is 11.6 Å². The van der Waals surface area contributed by atoms with E-state index in [0.29, 0.717) is 17.9 Å². The fraction of sp³-hybridized carbons (Fsp3) is 0.462. The van der Waals surface area contributed by atoms with Crippen LogP contribution in [0, 0.1) is 11.3 Å². The third-order valence-corrected chi connectivity index (χ3v) is 3.59. The van der Waals surface area contributed by atoms with E-state index in [0.717, 1.165) is 18.4 Å². The fourth-order valence-corrected chi connectivity index (χ4v) is 2.56. The highest BCUT2D eigenvalue weighted by Gasteiger charge is 2.40. The maximum Gasteiger partial charge on any atom is 0.0999 e. The summed E-state index contributed by atoms with van der Waals surface area (Å²) in [7, 11) is 0. The molecule has 1 aromatic rings. The Morgan fingerprint density at radius 3 is 2.31 bits per heavy atom. The molecule has 0 amide bonds. The van der Waals surface area contributed by atoms with Crippen LogP contribution in [0.4, 0.5) is 0 Å². The lowest BCUT2D eigenvalue weighted by Gasteiger charge is -2.27. The van der Waals surface area contributed by atoms with Crippen molar-refractivity contribution in [3.8, 4) is 6.07 Å². The first-order valence-corrected chi connectivity index (χ1v) is 5.91. The zero-order chi connectivity index (χ0) is 11.6. The van der Waals surface area contributed by atoms with Crippen molar-refractivity contribution in [3.63, 3.8) is 0 Å². The molecule has 1 aromatic carbocycles. The monoisotopic (exact) mass is 235 g/mol. The summed E-state index contributed by atoms with van der Waals surface area (Å²) in [6, 6.07) is 9.41. The molecular formula is C13H14ClNO. The van der Waals surface area contributed by atoms with Crippen molar-refractivity contribution in [1.29, 1.82) is 5.26 Å². The molecule has 3 heteroatoms. The quantitative estimate of drug-likeness (QED) is 0.855. The summed E-state index contributed by atoms with van der Waals surface area (Å²) in [5, 5.41) is 20.3. The second-order valence-corrected chi connectivity index (χ2v) is 4.86. The molecule has 2 nitrogen and oxygen atoms in total. The van der Waals surface area contributed by atoms with E-state index in [1.165, 1.54) is 0 Å². The lowest BCUT2D eigenvalue weighted by atomic mass is 9.82. The number of rotatable bonds is 2. The van der Waals surface area contributed by atoms with E-state index in [1.807, 2.05) is 12.1 Å². The van der Waals surface area contributed by atoms with Crippen LogP contribution in [0.25, 0.3) is 0 Å². The third-order valence-electron chi connectivity index (χ3n) is 3.34. The van der Waals surface area contributed by atoms with Gasteiger partial charge in [0.25, 0.3) is 0 Å². The molecule has 0 radical (unpaired) electrons. The van der Waals surface area contributed by atoms with Gasteiger partial charge in [-0.05, 0) is 30.5 Å². The van der Waals surface area contributed by atoms with E-state index in [1.54, 1.807) is 12.1 Å². The van der Waals surface area contributed by atoms with Gasteiger partial charge >= 0.3 is 0 Å². The molecule has 0 saturated heterocycles. The van der Waals surface area contributed by atoms with Crippen LogP contribution in [0.1, 0.15) is 37.2 Å². The Bertz CT molecular complexity index is 401. The van der Waals surface area contributed by atoms with E-state index in [-0.39, 0.29) is 0 Å². The molecule has 0 spiro atoms. The Morgan fingerprint density at radius 1 is 1.25 bits per heavy atom. The van der Waals surface area contributed by atoms with E-state index in [4.69, 9.17) is 11.6 Å². The third kappa shape index (κ3) is 2.07. The van der Waals surface area contributed by atoms with Crippen molar-refractivity contribution in [2.24, 2.45) is 0 Å². The first kappa shape index (κ1) is 11.4. The van der Waals surface area contributed by atoms with E-state index < -0.39 is 11.5 Å². The van der Waals surface area contributed by atoms with Crippen molar-refractivity contribution in [2.75, 3.05) is 0 Å². The lowest BCUT2D eigenvalue weighted by Crippen LogP contribution is -2.32. The molecule has 1 N–H and O–H groups in total. The largest absolute Gasteiger partial charge is 0.388 e. The van der Waals surface area contributed by atoms with E-state index in [2.05, 4.69) is 6.07 Å². The summed E-state index contributed by atoms with van der Waals surface area (Å²) >= 11 is 5.81. The molecule has 0 aromatic heterocycles. The summed E-state index contributed by atoms with van der Waals surface area (Å²) < 4.78 is 0. The molecule has 1 aliphatic carbocycles. The van der Waals surface area contributed by atoms with Gasteiger partial charge < -0.3 is 5.11 Å². The number of benzene rings is 1. The van der Waals surface area contributed by atoms with Gasteiger partial charge in [0, 0.05) is 5.02 Å². The normalized spacial score (nSPS) is 20.3. The summed E-state index contributed by atoms with van der Waals surface area (Å²) in [6.07, 6.45) is 3.44. The molecule has 1 atom stereocenters. The summed E-state index contributed by atoms with van der Waals surface area (Å²) in [6.45, 7) is 0. The predicted octanol–water partition coefficient (Wildman–Crippen LogP) is 3.25. The predicted molar refractivity (Wildman–Crippen MR) is 63.2 cm³/mol. The van der Waals surface area contributed by atoms with Gasteiger partial charge in [-0.2, -0.15) is 5.26 Å². The van der Waals surface area contributed by atoms with Crippen LogP contribution in [0.3, 0.4) is 0 Å². The lowest BCUT2D eigenvalue weighted by molar-refractivity contribution is 0.0352. The first-order chi connectivity index (χ1) is 7.65. The van der Waals surface area contributed by atoms with Crippen molar-refractivity contribution in [1.82, 2.24) is 0 Å². The van der Waals surface area contributed by atoms with Crippen molar-refractivity contribution >= 4 is 11.6 Å². The van der Waals surface area contributed by atoms with E-state index >= 15 is 0 Å². The highest BCUT2D eigenvalue weighted by Crippen LogP contribution is 2.41. The topological polar surface area (TPSA) is 44.0 Å². The number of halogens is 1. The van der Waals surface area contributed by atoms with Gasteiger partial charge in [-0.1, -0.05) is 36.6 Å². The number of hydrogen-bond acceptors (Lipinski definition) is 2. The zero-order valence-corrected chi connectivity index (χ0v) is 9.74. The van der Waals surface area contributed by atoms with Crippen molar-refractivity contribution in [2.45, 2.75) is 37.2 Å². The Morgan fingerprint density at radius 2 is 1.81 bits per heavy atom. The van der Waals surface area contributed by atoms with Gasteiger partial charge in [0.15, 0.2) is 0 Å². The van der Waals surface area contributed by atoms with E-state index in [9.17, 15) is 10.4 Å². The standard InChI is InChI=1S/C13H14ClNO/c14-11-5-3-10(4-6-11)12(9-15)13(16)7-1-2-8-13/h3-6,12,16H,1-2,7-8H2. The van der Waals surface area contributed by atoms with Crippen LogP contribution < -0.4 is 0 Å². The highest BCUT2D eigenvalue weighted by atomic mass is 35.5. The Hall–Kier alpha value is -1.04. The van der Waals surface area contributed by atoms with Gasteiger partial charge in [-0.15, -0.1) is 0 Å². The highest BCUT2D eigenvalue weighted by molar-refractivity contribution is 6.30. The molecule has 0 bridgehead atoms. The molecule has 0 aliphatic heterocycles. The van der Waals surface area contributed by atoms with Gasteiger partial charge in [0.05, 0.1) is 17.6 Å². The van der Waals surface area contributed by atoms with Gasteiger partial charge in [-0.25, -0.2) is 0 Å². The smallest absolute Gasteiger partial charge is 0.0999 e. The first-order valence-electron chi connectivity index (χ1n) is 5.53. The fourth-order valence-electron chi connectivity index (χ4n) is 2.44. The minimum atomic E-state index is -0.845. The molecule has 2 rings (SSSR count). The molecule has 0 heterocycles. The van der Waals surface area contributed by atoms with Gasteiger partial charge in [-0.3, -0.25) is 0 Å². The number of nitriles is 1. The minimum absolute atomic E-state index is 0.438. The SMILES string of the molecule is N#CC(c1ccc(Cl)cc1)C1(O)CCCC1. The average molecular weight is 236 g/mol. The van der Waals surface area contributed by atoms with Crippen LogP contribution in [0.15, 0.2) is 24.3 Å². The number of hydrogen-bond donors (Lipinski definition) is 1. The molecule has 1 aliphatic rings. The van der Waals surface area contributed by atoms with Crippen LogP contribution in [-0.2, 0) is 0 Å². The average Bonchev–Trinajstić information content (AvgIpc) is 2.70. The molecule has 1 fully saturated rings. The van der Waals surface area contributed by atoms with Gasteiger partial charge in [0.2, 0.25) is 0 Å². The Balaban J connectivity index is 2.29. The second-order valence-electron chi connectivity index (χ2n) is 4.42. The number of aliphatic hydroxyl groups is 1. The number of nitrogens with zero attached hydrogens (tertiary/aromatic N) is 1. The van der Waals surface area contributed by atoms with Crippen molar-refractivity contribution < 1.29 is 5.11 Å². The summed E-state index contributed by atoms with van der Waals surface area (Å²) in [5.74, 6) is -0.438. The van der Waals surface area contributed by atoms with Crippen LogP contribution in [0.2, 0.25) is 5.02 Å². The molecule has 1 saturated carbocycles. The molecular weight excluding hydrogens is 222 g/mol. The molecule has 84 valence electrons. The minimum Gasteiger partial charge on any atom is -0.388 e.